The van der Waals surface area contributed by atoms with Crippen LogP contribution in [0.2, 0.25) is 0 Å². The molecule has 1 aromatic rings. The summed E-state index contributed by atoms with van der Waals surface area (Å²) in [6.07, 6.45) is -4.79. The average Bonchev–Trinajstić information content (AvgIpc) is 2.07. The molecule has 0 saturated carbocycles. The summed E-state index contributed by atoms with van der Waals surface area (Å²) in [5.41, 5.74) is 4.69. The Morgan fingerprint density at radius 3 is 2.60 bits per heavy atom. The number of hydrogen-bond donors (Lipinski definition) is 2. The summed E-state index contributed by atoms with van der Waals surface area (Å²) in [5.74, 6) is -0.455. The molecule has 0 spiro atoms. The first-order valence-corrected chi connectivity index (χ1v) is 4.79. The maximum absolute atomic E-state index is 11.9. The normalized spacial score (nSPS) is 11.5. The predicted molar refractivity (Wildman–Crippen MR) is 54.4 cm³/mol. The number of pyridine rings is 1. The molecule has 15 heavy (non-hydrogen) atoms. The third-order valence-corrected chi connectivity index (χ3v) is 2.28. The van der Waals surface area contributed by atoms with Gasteiger partial charge in [0.15, 0.2) is 5.75 Å². The summed E-state index contributed by atoms with van der Waals surface area (Å²) in [6, 6.07) is 0.980. The molecule has 0 amide bonds. The van der Waals surface area contributed by atoms with Gasteiger partial charge in [-0.2, -0.15) is 0 Å². The van der Waals surface area contributed by atoms with Crippen molar-refractivity contribution in [2.24, 2.45) is 5.73 Å². The molecule has 1 heterocycles. The Labute approximate surface area is 95.8 Å². The number of halogens is 4. The lowest BCUT2D eigenvalue weighted by Crippen LogP contribution is -2.22. The summed E-state index contributed by atoms with van der Waals surface area (Å²) in [6.45, 7) is -0.152. The van der Waals surface area contributed by atoms with E-state index in [9.17, 15) is 18.0 Å². The molecular weight excluding hydrogens is 328 g/mol. The van der Waals surface area contributed by atoms with Crippen molar-refractivity contribution in [3.05, 3.63) is 25.7 Å². The van der Waals surface area contributed by atoms with E-state index in [0.29, 0.717) is 0 Å². The van der Waals surface area contributed by atoms with Crippen LogP contribution in [0.15, 0.2) is 10.9 Å². The molecule has 0 bridgehead atoms. The molecule has 0 unspecified atom stereocenters. The molecule has 0 aliphatic heterocycles. The summed E-state index contributed by atoms with van der Waals surface area (Å²) in [5, 5.41) is 0. The molecule has 4 nitrogen and oxygen atoms in total. The van der Waals surface area contributed by atoms with Gasteiger partial charge in [-0.25, -0.2) is 0 Å². The fourth-order valence-electron chi connectivity index (χ4n) is 0.879. The van der Waals surface area contributed by atoms with Crippen LogP contribution in [0.3, 0.4) is 0 Å². The van der Waals surface area contributed by atoms with Gasteiger partial charge in [-0.15, -0.1) is 13.2 Å². The van der Waals surface area contributed by atoms with Gasteiger partial charge in [-0.05, 0) is 28.7 Å². The van der Waals surface area contributed by atoms with Crippen LogP contribution >= 0.6 is 22.6 Å². The van der Waals surface area contributed by atoms with E-state index < -0.39 is 17.7 Å². The predicted octanol–water partition coefficient (Wildman–Crippen LogP) is 1.34. The number of aromatic amines is 1. The zero-order chi connectivity index (χ0) is 11.6. The SMILES string of the molecule is NCc1cc(OC(F)(F)F)c(I)[nH]c1=O. The highest BCUT2D eigenvalue weighted by atomic mass is 127. The van der Waals surface area contributed by atoms with Gasteiger partial charge in [0.2, 0.25) is 0 Å². The third kappa shape index (κ3) is 3.38. The molecule has 0 aliphatic rings. The molecule has 0 radical (unpaired) electrons. The van der Waals surface area contributed by atoms with Gasteiger partial charge in [0.05, 0.1) is 0 Å². The van der Waals surface area contributed by atoms with Crippen molar-refractivity contribution < 1.29 is 17.9 Å². The summed E-state index contributed by atoms with van der Waals surface area (Å²) in [4.78, 5) is 13.3. The zero-order valence-corrected chi connectivity index (χ0v) is 9.35. The Balaban J connectivity index is 3.14. The van der Waals surface area contributed by atoms with Gasteiger partial charge in [0, 0.05) is 12.1 Å². The molecule has 0 fully saturated rings. The summed E-state index contributed by atoms with van der Waals surface area (Å²) >= 11 is 1.54. The Morgan fingerprint density at radius 2 is 2.13 bits per heavy atom. The van der Waals surface area contributed by atoms with Gasteiger partial charge in [-0.1, -0.05) is 0 Å². The molecule has 0 aromatic carbocycles. The second kappa shape index (κ2) is 4.39. The minimum absolute atomic E-state index is 0.0212. The van der Waals surface area contributed by atoms with Crippen molar-refractivity contribution >= 4 is 22.6 Å². The monoisotopic (exact) mass is 334 g/mol. The molecule has 3 N–H and O–H groups in total. The van der Waals surface area contributed by atoms with Gasteiger partial charge in [0.1, 0.15) is 3.70 Å². The topological polar surface area (TPSA) is 68.1 Å². The van der Waals surface area contributed by atoms with Crippen LogP contribution in [0.1, 0.15) is 5.56 Å². The standard InChI is InChI=1S/C7H6F3IN2O2/c8-7(9,10)15-4-1-3(2-12)6(14)13-5(4)11/h1H,2,12H2,(H,13,14). The number of alkyl halides is 3. The summed E-state index contributed by atoms with van der Waals surface area (Å²) in [7, 11) is 0. The molecule has 0 aliphatic carbocycles. The number of nitrogens with one attached hydrogen (secondary N) is 1. The maximum atomic E-state index is 11.9. The highest BCUT2D eigenvalue weighted by molar-refractivity contribution is 14.1. The highest BCUT2D eigenvalue weighted by Crippen LogP contribution is 2.25. The molecule has 0 atom stereocenters. The van der Waals surface area contributed by atoms with Crippen molar-refractivity contribution in [2.75, 3.05) is 0 Å². The van der Waals surface area contributed by atoms with Crippen LogP contribution in [0.4, 0.5) is 13.2 Å². The van der Waals surface area contributed by atoms with Crippen molar-refractivity contribution in [3.63, 3.8) is 0 Å². The molecule has 8 heteroatoms. The van der Waals surface area contributed by atoms with Crippen molar-refractivity contribution in [1.82, 2.24) is 4.98 Å². The lowest BCUT2D eigenvalue weighted by atomic mass is 10.3. The minimum Gasteiger partial charge on any atom is -0.403 e. The van der Waals surface area contributed by atoms with Gasteiger partial charge < -0.3 is 15.5 Å². The first-order chi connectivity index (χ1) is 6.83. The number of ether oxygens (including phenoxy) is 1. The van der Waals surface area contributed by atoms with E-state index in [1.807, 2.05) is 0 Å². The molecular formula is C7H6F3IN2O2. The Morgan fingerprint density at radius 1 is 1.53 bits per heavy atom. The second-order valence-corrected chi connectivity index (χ2v) is 3.63. The van der Waals surface area contributed by atoms with Crippen LogP contribution in [0.5, 0.6) is 5.75 Å². The van der Waals surface area contributed by atoms with Gasteiger partial charge in [0.25, 0.3) is 5.56 Å². The van der Waals surface area contributed by atoms with Crippen LogP contribution in [-0.4, -0.2) is 11.3 Å². The lowest BCUT2D eigenvalue weighted by Gasteiger charge is -2.10. The third-order valence-electron chi connectivity index (χ3n) is 1.48. The quantitative estimate of drug-likeness (QED) is 0.634. The largest absolute Gasteiger partial charge is 0.573 e. The van der Waals surface area contributed by atoms with Crippen LogP contribution in [0.25, 0.3) is 0 Å². The fourth-order valence-corrected chi connectivity index (χ4v) is 1.39. The van der Waals surface area contributed by atoms with E-state index in [0.717, 1.165) is 6.07 Å². The van der Waals surface area contributed by atoms with E-state index in [1.165, 1.54) is 22.6 Å². The second-order valence-electron chi connectivity index (χ2n) is 2.55. The number of H-pyrrole nitrogens is 1. The van der Waals surface area contributed by atoms with Crippen LogP contribution < -0.4 is 16.0 Å². The van der Waals surface area contributed by atoms with E-state index in [-0.39, 0.29) is 15.8 Å². The van der Waals surface area contributed by atoms with E-state index in [4.69, 9.17) is 5.73 Å². The number of rotatable bonds is 2. The lowest BCUT2D eigenvalue weighted by molar-refractivity contribution is -0.275. The van der Waals surface area contributed by atoms with Crippen molar-refractivity contribution in [2.45, 2.75) is 12.9 Å². The Bertz CT molecular complexity index is 416. The van der Waals surface area contributed by atoms with E-state index >= 15 is 0 Å². The minimum atomic E-state index is -4.79. The van der Waals surface area contributed by atoms with E-state index in [1.54, 1.807) is 0 Å². The first-order valence-electron chi connectivity index (χ1n) is 3.71. The fraction of sp³-hybridized carbons (Fsp3) is 0.286. The first kappa shape index (κ1) is 12.3. The molecule has 1 aromatic heterocycles. The van der Waals surface area contributed by atoms with Crippen LogP contribution in [0, 0.1) is 3.70 Å². The Hall–Kier alpha value is -0.770. The van der Waals surface area contributed by atoms with Gasteiger partial charge >= 0.3 is 6.36 Å². The maximum Gasteiger partial charge on any atom is 0.573 e. The average molecular weight is 334 g/mol. The Kier molecular flexibility index (Phi) is 3.60. The van der Waals surface area contributed by atoms with Crippen LogP contribution in [-0.2, 0) is 6.54 Å². The van der Waals surface area contributed by atoms with Crippen molar-refractivity contribution in [1.29, 1.82) is 0 Å². The molecule has 84 valence electrons. The van der Waals surface area contributed by atoms with Gasteiger partial charge in [-0.3, -0.25) is 4.79 Å². The van der Waals surface area contributed by atoms with Crippen molar-refractivity contribution in [3.8, 4) is 5.75 Å². The summed E-state index contributed by atoms with van der Waals surface area (Å²) < 4.78 is 39.4. The molecule has 1 rings (SSSR count). The number of hydrogen-bond acceptors (Lipinski definition) is 3. The van der Waals surface area contributed by atoms with E-state index in [2.05, 4.69) is 9.72 Å². The molecule has 0 saturated heterocycles. The number of nitrogens with two attached hydrogens (primary N) is 1. The smallest absolute Gasteiger partial charge is 0.403 e. The highest BCUT2D eigenvalue weighted by Gasteiger charge is 2.32. The number of aromatic nitrogens is 1. The zero-order valence-electron chi connectivity index (χ0n) is 7.19.